The molecule has 0 aliphatic heterocycles. The summed E-state index contributed by atoms with van der Waals surface area (Å²) in [6, 6.07) is 3.47. The lowest BCUT2D eigenvalue weighted by Gasteiger charge is -2.30. The molecule has 2 aromatic rings. The zero-order chi connectivity index (χ0) is 18.0. The Morgan fingerprint density at radius 1 is 1.27 bits per heavy atom. The molecule has 1 aliphatic rings. The Labute approximate surface area is 153 Å². The Morgan fingerprint density at radius 3 is 2.50 bits per heavy atom. The molecule has 3 rings (SSSR count). The zero-order valence-electron chi connectivity index (χ0n) is 13.8. The maximum atomic E-state index is 13.3. The minimum absolute atomic E-state index is 0. The van der Waals surface area contributed by atoms with E-state index >= 15 is 0 Å². The van der Waals surface area contributed by atoms with E-state index in [0.717, 1.165) is 31.7 Å². The second-order valence-corrected chi connectivity index (χ2v) is 6.27. The van der Waals surface area contributed by atoms with Crippen molar-refractivity contribution in [1.82, 2.24) is 10.2 Å². The van der Waals surface area contributed by atoms with E-state index in [1.54, 1.807) is 0 Å². The van der Waals surface area contributed by atoms with Gasteiger partial charge in [0.15, 0.2) is 0 Å². The first kappa shape index (κ1) is 20.3. The molecule has 0 saturated heterocycles. The van der Waals surface area contributed by atoms with Gasteiger partial charge >= 0.3 is 11.9 Å². The molecule has 1 heterocycles. The zero-order valence-corrected chi connectivity index (χ0v) is 14.6. The molecule has 0 amide bonds. The van der Waals surface area contributed by atoms with Gasteiger partial charge < -0.3 is 15.5 Å². The molecule has 0 unspecified atom stereocenters. The van der Waals surface area contributed by atoms with Gasteiger partial charge in [0, 0.05) is 17.3 Å². The third-order valence-electron chi connectivity index (χ3n) is 4.55. The van der Waals surface area contributed by atoms with Crippen molar-refractivity contribution in [1.29, 1.82) is 0 Å². The summed E-state index contributed by atoms with van der Waals surface area (Å²) < 4.78 is 44.7. The molecule has 1 aliphatic carbocycles. The van der Waals surface area contributed by atoms with Crippen molar-refractivity contribution in [2.45, 2.75) is 37.9 Å². The van der Waals surface area contributed by atoms with Crippen LogP contribution in [0, 0.1) is 5.92 Å². The average molecular weight is 393 g/mol. The monoisotopic (exact) mass is 392 g/mol. The van der Waals surface area contributed by atoms with Gasteiger partial charge in [0.2, 0.25) is 5.89 Å². The largest absolute Gasteiger partial charge is 0.434 e. The van der Waals surface area contributed by atoms with Gasteiger partial charge in [0.1, 0.15) is 0 Å². The molecule has 1 fully saturated rings. The van der Waals surface area contributed by atoms with Crippen molar-refractivity contribution in [3.05, 3.63) is 34.3 Å². The molecule has 4 N–H and O–H groups in total. The highest BCUT2D eigenvalue weighted by Gasteiger charge is 2.34. The van der Waals surface area contributed by atoms with Crippen LogP contribution in [0.1, 0.15) is 31.2 Å². The molecule has 144 valence electrons. The maximum Gasteiger partial charge on any atom is 0.434 e. The standard InChI is InChI=1S/C16H19F3N4O2.ClH/c17-16(18,19)12-6-3-10(14-22-23-15(24)25-14)7-13(12)21-11-4-1-9(8-20)2-5-11;/h3,6-7,9,11,21H,1-2,4-5,8,20H2,(H,23,24);1H/t9-,11-;. The lowest BCUT2D eigenvalue weighted by Crippen LogP contribution is -2.29. The molecule has 0 spiro atoms. The third kappa shape index (κ3) is 4.59. The Balaban J connectivity index is 0.00000243. The van der Waals surface area contributed by atoms with Crippen LogP contribution in [0.2, 0.25) is 0 Å². The number of H-pyrrole nitrogens is 1. The Bertz CT molecular complexity index is 782. The second-order valence-electron chi connectivity index (χ2n) is 6.27. The van der Waals surface area contributed by atoms with Crippen LogP contribution in [0.4, 0.5) is 18.9 Å². The van der Waals surface area contributed by atoms with E-state index in [-0.39, 0.29) is 30.0 Å². The molecular formula is C16H20ClF3N4O2. The van der Waals surface area contributed by atoms with Crippen LogP contribution in [0.5, 0.6) is 0 Å². The number of nitrogens with one attached hydrogen (secondary N) is 2. The molecule has 0 radical (unpaired) electrons. The topological polar surface area (TPSA) is 96.9 Å². The van der Waals surface area contributed by atoms with Crippen LogP contribution in [0.25, 0.3) is 11.5 Å². The first-order valence-corrected chi connectivity index (χ1v) is 8.10. The van der Waals surface area contributed by atoms with Crippen LogP contribution in [0.3, 0.4) is 0 Å². The van der Waals surface area contributed by atoms with Crippen molar-refractivity contribution in [2.75, 3.05) is 11.9 Å². The summed E-state index contributed by atoms with van der Waals surface area (Å²) in [6.45, 7) is 0.605. The van der Waals surface area contributed by atoms with Crippen LogP contribution in [0.15, 0.2) is 27.4 Å². The molecule has 1 saturated carbocycles. The predicted molar refractivity (Wildman–Crippen MR) is 93.2 cm³/mol. The molecule has 6 nitrogen and oxygen atoms in total. The highest BCUT2D eigenvalue weighted by Crippen LogP contribution is 2.38. The van der Waals surface area contributed by atoms with Crippen LogP contribution >= 0.6 is 12.4 Å². The fourth-order valence-corrected chi connectivity index (χ4v) is 3.16. The fourth-order valence-electron chi connectivity index (χ4n) is 3.16. The number of hydrogen-bond donors (Lipinski definition) is 3. The van der Waals surface area contributed by atoms with E-state index in [0.29, 0.717) is 18.0 Å². The van der Waals surface area contributed by atoms with Gasteiger partial charge in [0.05, 0.1) is 5.56 Å². The van der Waals surface area contributed by atoms with Crippen molar-refractivity contribution in [3.8, 4) is 11.5 Å². The molecule has 26 heavy (non-hydrogen) atoms. The lowest BCUT2D eigenvalue weighted by atomic mass is 9.86. The smallest absolute Gasteiger partial charge is 0.388 e. The van der Waals surface area contributed by atoms with Gasteiger partial charge in [-0.15, -0.1) is 17.5 Å². The summed E-state index contributed by atoms with van der Waals surface area (Å²) in [5, 5.41) is 8.76. The molecule has 0 bridgehead atoms. The van der Waals surface area contributed by atoms with Gasteiger partial charge in [-0.05, 0) is 56.3 Å². The van der Waals surface area contributed by atoms with Crippen LogP contribution in [-0.4, -0.2) is 22.8 Å². The first-order valence-electron chi connectivity index (χ1n) is 8.10. The number of aromatic amines is 1. The SMILES string of the molecule is Cl.NC[C@H]1CC[C@H](Nc2cc(-c3n[nH]c(=O)o3)ccc2C(F)(F)F)CC1. The molecule has 1 aromatic carbocycles. The minimum atomic E-state index is -4.48. The predicted octanol–water partition coefficient (Wildman–Crippen LogP) is 3.40. The summed E-state index contributed by atoms with van der Waals surface area (Å²) >= 11 is 0. The number of alkyl halides is 3. The highest BCUT2D eigenvalue weighted by molar-refractivity contribution is 5.85. The number of halogens is 4. The van der Waals surface area contributed by atoms with Crippen molar-refractivity contribution < 1.29 is 17.6 Å². The van der Waals surface area contributed by atoms with E-state index in [9.17, 15) is 18.0 Å². The average Bonchev–Trinajstić information content (AvgIpc) is 3.01. The highest BCUT2D eigenvalue weighted by atomic mass is 35.5. The Morgan fingerprint density at radius 2 is 1.96 bits per heavy atom. The van der Waals surface area contributed by atoms with Crippen LogP contribution < -0.4 is 16.8 Å². The fraction of sp³-hybridized carbons (Fsp3) is 0.500. The molecule has 1 aromatic heterocycles. The maximum absolute atomic E-state index is 13.3. The summed E-state index contributed by atoms with van der Waals surface area (Å²) in [4.78, 5) is 11.1. The lowest BCUT2D eigenvalue weighted by molar-refractivity contribution is -0.137. The number of rotatable bonds is 4. The Kier molecular flexibility index (Phi) is 6.35. The van der Waals surface area contributed by atoms with E-state index < -0.39 is 17.5 Å². The summed E-state index contributed by atoms with van der Waals surface area (Å²) in [5.74, 6) is -0.372. The van der Waals surface area contributed by atoms with Crippen molar-refractivity contribution in [2.24, 2.45) is 11.7 Å². The van der Waals surface area contributed by atoms with Gasteiger partial charge in [0.25, 0.3) is 0 Å². The molecule has 10 heteroatoms. The van der Waals surface area contributed by atoms with E-state index in [2.05, 4.69) is 15.5 Å². The number of nitrogens with zero attached hydrogens (tertiary/aromatic N) is 1. The minimum Gasteiger partial charge on any atom is -0.388 e. The van der Waals surface area contributed by atoms with Gasteiger partial charge in [-0.1, -0.05) is 0 Å². The number of nitrogens with two attached hydrogens (primary N) is 1. The van der Waals surface area contributed by atoms with E-state index in [4.69, 9.17) is 10.2 Å². The number of aromatic nitrogens is 2. The van der Waals surface area contributed by atoms with Gasteiger partial charge in [-0.2, -0.15) is 13.2 Å². The van der Waals surface area contributed by atoms with E-state index in [1.165, 1.54) is 12.1 Å². The van der Waals surface area contributed by atoms with Gasteiger partial charge in [-0.3, -0.25) is 0 Å². The number of anilines is 1. The number of benzene rings is 1. The quantitative estimate of drug-likeness (QED) is 0.741. The number of hydrogen-bond acceptors (Lipinski definition) is 5. The Hall–Kier alpha value is -2.00. The first-order chi connectivity index (χ1) is 11.9. The summed E-state index contributed by atoms with van der Waals surface area (Å²) in [6.07, 6.45) is -1.17. The normalized spacial score (nSPS) is 20.5. The van der Waals surface area contributed by atoms with E-state index in [1.807, 2.05) is 0 Å². The summed E-state index contributed by atoms with van der Waals surface area (Å²) in [5.41, 5.74) is 5.16. The van der Waals surface area contributed by atoms with Crippen molar-refractivity contribution >= 4 is 18.1 Å². The van der Waals surface area contributed by atoms with Crippen molar-refractivity contribution in [3.63, 3.8) is 0 Å². The third-order valence-corrected chi connectivity index (χ3v) is 4.55. The second kappa shape index (κ2) is 8.13. The van der Waals surface area contributed by atoms with Gasteiger partial charge in [-0.25, -0.2) is 9.89 Å². The van der Waals surface area contributed by atoms with Crippen LogP contribution in [-0.2, 0) is 6.18 Å². The molecule has 0 atom stereocenters. The summed E-state index contributed by atoms with van der Waals surface area (Å²) in [7, 11) is 0. The molecular weight excluding hydrogens is 373 g/mol.